The minimum atomic E-state index is 0.0115. The molecule has 108 valence electrons. The van der Waals surface area contributed by atoms with Gasteiger partial charge in [0, 0.05) is 35.6 Å². The molecule has 0 saturated carbocycles. The van der Waals surface area contributed by atoms with E-state index in [1.165, 1.54) is 0 Å². The first-order chi connectivity index (χ1) is 10.2. The summed E-state index contributed by atoms with van der Waals surface area (Å²) in [6.07, 6.45) is 0.0492. The lowest BCUT2D eigenvalue weighted by molar-refractivity contribution is 0.0277. The quantitative estimate of drug-likeness (QED) is 0.917. The lowest BCUT2D eigenvalue weighted by Gasteiger charge is -2.36. The maximum absolute atomic E-state index is 9.25. The molecule has 0 spiro atoms. The van der Waals surface area contributed by atoms with Gasteiger partial charge in [-0.15, -0.1) is 0 Å². The van der Waals surface area contributed by atoms with Crippen molar-refractivity contribution in [3.05, 3.63) is 42.0 Å². The molecule has 2 aromatic carbocycles. The lowest BCUT2D eigenvalue weighted by Crippen LogP contribution is -2.49. The summed E-state index contributed by atoms with van der Waals surface area (Å²) in [5, 5.41) is 11.4. The predicted octanol–water partition coefficient (Wildman–Crippen LogP) is 2.26. The Morgan fingerprint density at radius 1 is 1.29 bits per heavy atom. The molecule has 2 unspecified atom stereocenters. The molecule has 0 amide bonds. The van der Waals surface area contributed by atoms with Crippen molar-refractivity contribution < 1.29 is 4.74 Å². The van der Waals surface area contributed by atoms with Gasteiger partial charge in [-0.05, 0) is 19.1 Å². The number of nitrogens with two attached hydrogens (primary N) is 1. The Kier molecular flexibility index (Phi) is 3.78. The Morgan fingerprint density at radius 3 is 2.76 bits per heavy atom. The Hall–Kier alpha value is -2.09. The molecule has 3 rings (SSSR count). The molecule has 0 aliphatic carbocycles. The zero-order chi connectivity index (χ0) is 14.8. The molecule has 4 heteroatoms. The van der Waals surface area contributed by atoms with Crippen molar-refractivity contribution in [2.75, 3.05) is 24.6 Å². The maximum atomic E-state index is 9.25. The lowest BCUT2D eigenvalue weighted by atomic mass is 10.0. The molecule has 1 aliphatic heterocycles. The Labute approximate surface area is 124 Å². The van der Waals surface area contributed by atoms with E-state index in [2.05, 4.69) is 17.0 Å². The number of benzene rings is 2. The van der Waals surface area contributed by atoms with Gasteiger partial charge in [0.15, 0.2) is 0 Å². The molecule has 0 radical (unpaired) electrons. The highest BCUT2D eigenvalue weighted by molar-refractivity contribution is 5.97. The highest BCUT2D eigenvalue weighted by Crippen LogP contribution is 2.30. The summed E-state index contributed by atoms with van der Waals surface area (Å²) in [5.41, 5.74) is 7.84. The molecule has 1 aliphatic rings. The summed E-state index contributed by atoms with van der Waals surface area (Å²) in [4.78, 5) is 2.31. The molecular formula is C17H19N3O. The molecule has 21 heavy (non-hydrogen) atoms. The van der Waals surface area contributed by atoms with E-state index in [0.717, 1.165) is 29.5 Å². The largest absolute Gasteiger partial charge is 0.373 e. The minimum Gasteiger partial charge on any atom is -0.373 e. The first-order valence-electron chi connectivity index (χ1n) is 7.24. The van der Waals surface area contributed by atoms with Gasteiger partial charge in [0.05, 0.1) is 24.3 Å². The van der Waals surface area contributed by atoms with Gasteiger partial charge in [-0.25, -0.2) is 0 Å². The minimum absolute atomic E-state index is 0.0115. The first kappa shape index (κ1) is 13.9. The van der Waals surface area contributed by atoms with Crippen LogP contribution < -0.4 is 10.6 Å². The smallest absolute Gasteiger partial charge is 0.0998 e. The third-order valence-electron chi connectivity index (χ3n) is 4.04. The van der Waals surface area contributed by atoms with Gasteiger partial charge in [0.1, 0.15) is 0 Å². The van der Waals surface area contributed by atoms with E-state index >= 15 is 0 Å². The fourth-order valence-corrected chi connectivity index (χ4v) is 2.87. The van der Waals surface area contributed by atoms with Crippen LogP contribution in [0.5, 0.6) is 0 Å². The van der Waals surface area contributed by atoms with Crippen LogP contribution in [-0.4, -0.2) is 31.8 Å². The number of anilines is 1. The topological polar surface area (TPSA) is 62.3 Å². The van der Waals surface area contributed by atoms with Crippen molar-refractivity contribution >= 4 is 16.5 Å². The Balaban J connectivity index is 2.03. The van der Waals surface area contributed by atoms with E-state index in [-0.39, 0.29) is 12.1 Å². The number of ether oxygens (including phenoxy) is 1. The van der Waals surface area contributed by atoms with Gasteiger partial charge in [-0.3, -0.25) is 0 Å². The van der Waals surface area contributed by atoms with E-state index in [1.807, 2.05) is 37.3 Å². The van der Waals surface area contributed by atoms with Crippen molar-refractivity contribution in [2.24, 2.45) is 5.73 Å². The third kappa shape index (κ3) is 2.58. The number of nitriles is 1. The molecule has 2 N–H and O–H groups in total. The van der Waals surface area contributed by atoms with E-state index < -0.39 is 0 Å². The van der Waals surface area contributed by atoms with Crippen LogP contribution >= 0.6 is 0 Å². The second kappa shape index (κ2) is 5.72. The van der Waals surface area contributed by atoms with Gasteiger partial charge in [0.25, 0.3) is 0 Å². The van der Waals surface area contributed by atoms with Gasteiger partial charge >= 0.3 is 0 Å². The standard InChI is InChI=1S/C17H19N3O/c1-12(19)17-11-20(8-9-21-17)16-7-6-13(10-18)14-4-2-3-5-15(14)16/h2-7,12,17H,8-9,11,19H2,1H3. The summed E-state index contributed by atoms with van der Waals surface area (Å²) in [7, 11) is 0. The van der Waals surface area contributed by atoms with Gasteiger partial charge in [-0.2, -0.15) is 5.26 Å². The molecule has 2 atom stereocenters. The second-order valence-corrected chi connectivity index (χ2v) is 5.50. The summed E-state index contributed by atoms with van der Waals surface area (Å²) in [6, 6.07) is 14.3. The van der Waals surface area contributed by atoms with Gasteiger partial charge in [0.2, 0.25) is 0 Å². The van der Waals surface area contributed by atoms with Crippen LogP contribution in [0, 0.1) is 11.3 Å². The highest BCUT2D eigenvalue weighted by Gasteiger charge is 2.24. The Morgan fingerprint density at radius 2 is 2.05 bits per heavy atom. The summed E-state index contributed by atoms with van der Waals surface area (Å²) >= 11 is 0. The Bertz CT molecular complexity index is 690. The fraction of sp³-hybridized carbons (Fsp3) is 0.353. The monoisotopic (exact) mass is 281 g/mol. The first-order valence-corrected chi connectivity index (χ1v) is 7.24. The maximum Gasteiger partial charge on any atom is 0.0998 e. The van der Waals surface area contributed by atoms with Crippen LogP contribution in [-0.2, 0) is 4.74 Å². The number of hydrogen-bond acceptors (Lipinski definition) is 4. The molecule has 1 fully saturated rings. The summed E-state index contributed by atoms with van der Waals surface area (Å²) < 4.78 is 5.73. The van der Waals surface area contributed by atoms with Gasteiger partial charge < -0.3 is 15.4 Å². The number of nitrogens with zero attached hydrogens (tertiary/aromatic N) is 2. The number of fused-ring (bicyclic) bond motifs is 1. The zero-order valence-electron chi connectivity index (χ0n) is 12.1. The van der Waals surface area contributed by atoms with E-state index in [1.54, 1.807) is 0 Å². The third-order valence-corrected chi connectivity index (χ3v) is 4.04. The van der Waals surface area contributed by atoms with Crippen molar-refractivity contribution in [2.45, 2.75) is 19.1 Å². The molecule has 0 aromatic heterocycles. The molecule has 1 saturated heterocycles. The van der Waals surface area contributed by atoms with Crippen LogP contribution in [0.3, 0.4) is 0 Å². The summed E-state index contributed by atoms with van der Waals surface area (Å²) in [5.74, 6) is 0. The van der Waals surface area contributed by atoms with Crippen LogP contribution in [0.1, 0.15) is 12.5 Å². The average Bonchev–Trinajstić information content (AvgIpc) is 2.54. The highest BCUT2D eigenvalue weighted by atomic mass is 16.5. The van der Waals surface area contributed by atoms with Crippen LogP contribution in [0.2, 0.25) is 0 Å². The van der Waals surface area contributed by atoms with E-state index in [4.69, 9.17) is 10.5 Å². The zero-order valence-corrected chi connectivity index (χ0v) is 12.1. The van der Waals surface area contributed by atoms with Crippen LogP contribution in [0.25, 0.3) is 10.8 Å². The van der Waals surface area contributed by atoms with Gasteiger partial charge in [-0.1, -0.05) is 24.3 Å². The van der Waals surface area contributed by atoms with Crippen molar-refractivity contribution in [1.29, 1.82) is 5.26 Å². The molecular weight excluding hydrogens is 262 g/mol. The fourth-order valence-electron chi connectivity index (χ4n) is 2.87. The molecule has 0 bridgehead atoms. The molecule has 4 nitrogen and oxygen atoms in total. The second-order valence-electron chi connectivity index (χ2n) is 5.50. The van der Waals surface area contributed by atoms with Crippen LogP contribution in [0.15, 0.2) is 36.4 Å². The SMILES string of the molecule is CC(N)C1CN(c2ccc(C#N)c3ccccc23)CCO1. The number of rotatable bonds is 2. The average molecular weight is 281 g/mol. The predicted molar refractivity (Wildman–Crippen MR) is 84.3 cm³/mol. The van der Waals surface area contributed by atoms with Crippen molar-refractivity contribution in [1.82, 2.24) is 0 Å². The van der Waals surface area contributed by atoms with E-state index in [9.17, 15) is 5.26 Å². The normalized spacial score (nSPS) is 20.2. The van der Waals surface area contributed by atoms with E-state index in [0.29, 0.717) is 12.2 Å². The van der Waals surface area contributed by atoms with Crippen LogP contribution in [0.4, 0.5) is 5.69 Å². The summed E-state index contributed by atoms with van der Waals surface area (Å²) in [6.45, 7) is 4.29. The molecule has 2 aromatic rings. The number of morpholine rings is 1. The van der Waals surface area contributed by atoms with Crippen molar-refractivity contribution in [3.8, 4) is 6.07 Å². The van der Waals surface area contributed by atoms with Crippen molar-refractivity contribution in [3.63, 3.8) is 0 Å². The number of hydrogen-bond donors (Lipinski definition) is 1. The molecule has 1 heterocycles.